The maximum absolute atomic E-state index is 11.8. The van der Waals surface area contributed by atoms with Gasteiger partial charge in [-0.15, -0.1) is 0 Å². The average molecular weight is 151 g/mol. The van der Waals surface area contributed by atoms with Crippen molar-refractivity contribution in [1.29, 1.82) is 0 Å². The van der Waals surface area contributed by atoms with Crippen molar-refractivity contribution < 1.29 is 8.78 Å². The van der Waals surface area contributed by atoms with E-state index in [0.717, 1.165) is 0 Å². The Bertz CT molecular complexity index is 83.7. The van der Waals surface area contributed by atoms with Crippen molar-refractivity contribution in [3.05, 3.63) is 0 Å². The van der Waals surface area contributed by atoms with Crippen LogP contribution in [0.25, 0.3) is 0 Å². The molecular weight excluding hydrogens is 136 g/mol. The molecule has 0 aliphatic rings. The van der Waals surface area contributed by atoms with Crippen molar-refractivity contribution in [3.63, 3.8) is 0 Å². The van der Waals surface area contributed by atoms with Gasteiger partial charge in [0.2, 0.25) is 0 Å². The highest BCUT2D eigenvalue weighted by Gasteiger charge is 2.12. The van der Waals surface area contributed by atoms with Crippen molar-refractivity contribution in [2.45, 2.75) is 33.2 Å². The third-order valence-electron chi connectivity index (χ3n) is 1.51. The second kappa shape index (κ2) is 4.61. The molecule has 62 valence electrons. The Morgan fingerprint density at radius 3 is 1.90 bits per heavy atom. The van der Waals surface area contributed by atoms with E-state index in [1.165, 1.54) is 0 Å². The molecule has 0 saturated heterocycles. The standard InChI is InChI=1S/C7H15F2N/c1-4-10(6(2)3)5-7(8)9/h6-7H,4-5H2,1-3H3. The lowest BCUT2D eigenvalue weighted by Crippen LogP contribution is -2.34. The van der Waals surface area contributed by atoms with Crippen LogP contribution in [0.15, 0.2) is 0 Å². The Morgan fingerprint density at radius 1 is 1.30 bits per heavy atom. The van der Waals surface area contributed by atoms with Gasteiger partial charge in [0.25, 0.3) is 6.43 Å². The SMILES string of the molecule is CCN(CC(F)F)C(C)C. The normalized spacial score (nSPS) is 12.0. The van der Waals surface area contributed by atoms with E-state index >= 15 is 0 Å². The lowest BCUT2D eigenvalue weighted by atomic mass is 10.3. The van der Waals surface area contributed by atoms with E-state index in [-0.39, 0.29) is 12.6 Å². The monoisotopic (exact) mass is 151 g/mol. The van der Waals surface area contributed by atoms with Gasteiger partial charge in [0, 0.05) is 6.04 Å². The first-order chi connectivity index (χ1) is 4.57. The third kappa shape index (κ3) is 3.77. The molecule has 0 heterocycles. The predicted octanol–water partition coefficient (Wildman–Crippen LogP) is 1.98. The van der Waals surface area contributed by atoms with Crippen LogP contribution in [0.3, 0.4) is 0 Å². The molecule has 0 aromatic carbocycles. The first-order valence-corrected chi connectivity index (χ1v) is 3.60. The van der Waals surface area contributed by atoms with Crippen molar-refractivity contribution in [2.75, 3.05) is 13.1 Å². The molecule has 0 bridgehead atoms. The van der Waals surface area contributed by atoms with Gasteiger partial charge in [-0.1, -0.05) is 6.92 Å². The Hall–Kier alpha value is -0.180. The summed E-state index contributed by atoms with van der Waals surface area (Å²) in [6.07, 6.45) is -2.21. The van der Waals surface area contributed by atoms with Crippen LogP contribution < -0.4 is 0 Å². The van der Waals surface area contributed by atoms with Gasteiger partial charge < -0.3 is 0 Å². The second-order valence-electron chi connectivity index (χ2n) is 2.57. The van der Waals surface area contributed by atoms with Crippen LogP contribution in [0.2, 0.25) is 0 Å². The smallest absolute Gasteiger partial charge is 0.251 e. The number of halogens is 2. The van der Waals surface area contributed by atoms with E-state index < -0.39 is 6.43 Å². The molecule has 0 aromatic heterocycles. The van der Waals surface area contributed by atoms with Crippen LogP contribution in [0, 0.1) is 0 Å². The number of hydrogen-bond acceptors (Lipinski definition) is 1. The second-order valence-corrected chi connectivity index (χ2v) is 2.57. The van der Waals surface area contributed by atoms with Crippen LogP contribution in [0.4, 0.5) is 8.78 Å². The molecule has 0 N–H and O–H groups in total. The number of nitrogens with zero attached hydrogens (tertiary/aromatic N) is 1. The van der Waals surface area contributed by atoms with E-state index in [9.17, 15) is 8.78 Å². The highest BCUT2D eigenvalue weighted by Crippen LogP contribution is 2.02. The molecule has 0 radical (unpaired) electrons. The maximum atomic E-state index is 11.8. The quantitative estimate of drug-likeness (QED) is 0.594. The van der Waals surface area contributed by atoms with Crippen molar-refractivity contribution in [2.24, 2.45) is 0 Å². The number of alkyl halides is 2. The zero-order chi connectivity index (χ0) is 8.15. The Morgan fingerprint density at radius 2 is 1.80 bits per heavy atom. The van der Waals surface area contributed by atoms with E-state index in [2.05, 4.69) is 0 Å². The minimum Gasteiger partial charge on any atom is -0.296 e. The summed E-state index contributed by atoms with van der Waals surface area (Å²) in [7, 11) is 0. The minimum atomic E-state index is -2.21. The van der Waals surface area contributed by atoms with E-state index in [1.54, 1.807) is 4.90 Å². The molecule has 0 rings (SSSR count). The third-order valence-corrected chi connectivity index (χ3v) is 1.51. The Balaban J connectivity index is 3.60. The van der Waals surface area contributed by atoms with Gasteiger partial charge in [0.05, 0.1) is 6.54 Å². The van der Waals surface area contributed by atoms with Crippen LogP contribution in [-0.2, 0) is 0 Å². The highest BCUT2D eigenvalue weighted by molar-refractivity contribution is 4.60. The summed E-state index contributed by atoms with van der Waals surface area (Å²) in [6.45, 7) is 6.33. The fraction of sp³-hybridized carbons (Fsp3) is 1.00. The molecule has 0 aliphatic carbocycles. The van der Waals surface area contributed by atoms with Crippen LogP contribution in [-0.4, -0.2) is 30.5 Å². The highest BCUT2D eigenvalue weighted by atomic mass is 19.3. The molecule has 0 atom stereocenters. The fourth-order valence-corrected chi connectivity index (χ4v) is 0.882. The fourth-order valence-electron chi connectivity index (χ4n) is 0.882. The molecule has 3 heteroatoms. The van der Waals surface area contributed by atoms with Gasteiger partial charge in [-0.05, 0) is 20.4 Å². The van der Waals surface area contributed by atoms with Crippen LogP contribution in [0.5, 0.6) is 0 Å². The van der Waals surface area contributed by atoms with E-state index in [4.69, 9.17) is 0 Å². The maximum Gasteiger partial charge on any atom is 0.251 e. The zero-order valence-corrected chi connectivity index (χ0v) is 6.77. The average Bonchev–Trinajstić information content (AvgIpc) is 1.81. The van der Waals surface area contributed by atoms with Gasteiger partial charge in [-0.3, -0.25) is 4.90 Å². The zero-order valence-electron chi connectivity index (χ0n) is 6.77. The molecule has 0 aliphatic heterocycles. The molecule has 10 heavy (non-hydrogen) atoms. The van der Waals surface area contributed by atoms with Crippen molar-refractivity contribution in [3.8, 4) is 0 Å². The summed E-state index contributed by atoms with van der Waals surface area (Å²) in [6, 6.07) is 0.221. The number of rotatable bonds is 4. The topological polar surface area (TPSA) is 3.24 Å². The summed E-state index contributed by atoms with van der Waals surface area (Å²) >= 11 is 0. The summed E-state index contributed by atoms with van der Waals surface area (Å²) < 4.78 is 23.6. The Labute approximate surface area is 61.0 Å². The van der Waals surface area contributed by atoms with Crippen molar-refractivity contribution >= 4 is 0 Å². The first-order valence-electron chi connectivity index (χ1n) is 3.60. The summed E-state index contributed by atoms with van der Waals surface area (Å²) in [4.78, 5) is 1.74. The summed E-state index contributed by atoms with van der Waals surface area (Å²) in [5.41, 5.74) is 0. The molecule has 1 nitrogen and oxygen atoms in total. The van der Waals surface area contributed by atoms with Gasteiger partial charge in [0.1, 0.15) is 0 Å². The lowest BCUT2D eigenvalue weighted by molar-refractivity contribution is 0.0763. The largest absolute Gasteiger partial charge is 0.296 e. The van der Waals surface area contributed by atoms with Gasteiger partial charge in [-0.25, -0.2) is 8.78 Å². The molecule has 0 saturated carbocycles. The minimum absolute atomic E-state index is 0.103. The van der Waals surface area contributed by atoms with Gasteiger partial charge >= 0.3 is 0 Å². The number of hydrogen-bond donors (Lipinski definition) is 0. The Kier molecular flexibility index (Phi) is 4.52. The van der Waals surface area contributed by atoms with Gasteiger partial charge in [0.15, 0.2) is 0 Å². The first kappa shape index (κ1) is 9.82. The van der Waals surface area contributed by atoms with Gasteiger partial charge in [-0.2, -0.15) is 0 Å². The lowest BCUT2D eigenvalue weighted by Gasteiger charge is -2.23. The van der Waals surface area contributed by atoms with Crippen LogP contribution in [0.1, 0.15) is 20.8 Å². The van der Waals surface area contributed by atoms with Crippen LogP contribution >= 0.6 is 0 Å². The van der Waals surface area contributed by atoms with E-state index in [1.807, 2.05) is 20.8 Å². The predicted molar refractivity (Wildman–Crippen MR) is 38.4 cm³/mol. The molecular formula is C7H15F2N. The summed E-state index contributed by atoms with van der Waals surface area (Å²) in [5.74, 6) is 0. The van der Waals surface area contributed by atoms with E-state index in [0.29, 0.717) is 6.54 Å². The van der Waals surface area contributed by atoms with Crippen molar-refractivity contribution in [1.82, 2.24) is 4.90 Å². The summed E-state index contributed by atoms with van der Waals surface area (Å²) in [5, 5.41) is 0. The molecule has 0 fully saturated rings. The molecule has 0 spiro atoms. The molecule has 0 amide bonds. The molecule has 0 aromatic rings. The molecule has 0 unspecified atom stereocenters.